The van der Waals surface area contributed by atoms with Crippen molar-refractivity contribution in [1.29, 1.82) is 0 Å². The van der Waals surface area contributed by atoms with Gasteiger partial charge in [-0.1, -0.05) is 6.07 Å². The predicted octanol–water partition coefficient (Wildman–Crippen LogP) is 2.07. The van der Waals surface area contributed by atoms with Gasteiger partial charge in [-0.3, -0.25) is 9.69 Å². The Morgan fingerprint density at radius 2 is 2.09 bits per heavy atom. The highest BCUT2D eigenvalue weighted by molar-refractivity contribution is 5.94. The van der Waals surface area contributed by atoms with E-state index in [9.17, 15) is 9.18 Å². The van der Waals surface area contributed by atoms with Crippen molar-refractivity contribution in [1.82, 2.24) is 9.80 Å². The summed E-state index contributed by atoms with van der Waals surface area (Å²) in [6, 6.07) is 4.71. The van der Waals surface area contributed by atoms with Gasteiger partial charge in [0.05, 0.1) is 6.10 Å². The second-order valence-corrected chi connectivity index (χ2v) is 6.19. The average molecular weight is 306 g/mol. The van der Waals surface area contributed by atoms with Gasteiger partial charge in [0.2, 0.25) is 0 Å². The fraction of sp³-hybridized carbons (Fsp3) is 0.588. The fourth-order valence-corrected chi connectivity index (χ4v) is 3.12. The number of amides is 1. The molecule has 0 saturated carbocycles. The first-order chi connectivity index (χ1) is 10.6. The molecule has 1 aromatic rings. The molecule has 4 nitrogen and oxygen atoms in total. The minimum absolute atomic E-state index is 0.0735. The van der Waals surface area contributed by atoms with Gasteiger partial charge in [-0.05, 0) is 37.5 Å². The Morgan fingerprint density at radius 1 is 1.32 bits per heavy atom. The van der Waals surface area contributed by atoms with Crippen LogP contribution in [0, 0.1) is 12.7 Å². The van der Waals surface area contributed by atoms with E-state index in [0.717, 1.165) is 39.1 Å². The molecule has 1 amide bonds. The van der Waals surface area contributed by atoms with Crippen LogP contribution in [0.3, 0.4) is 0 Å². The molecular formula is C17H23FN2O2. The number of carbonyl (C=O) groups excluding carboxylic acids is 1. The Hall–Kier alpha value is -1.46. The van der Waals surface area contributed by atoms with Gasteiger partial charge in [-0.25, -0.2) is 4.39 Å². The minimum Gasteiger partial charge on any atom is -0.377 e. The van der Waals surface area contributed by atoms with E-state index in [1.165, 1.54) is 6.07 Å². The van der Waals surface area contributed by atoms with Crippen LogP contribution in [0.4, 0.5) is 4.39 Å². The predicted molar refractivity (Wildman–Crippen MR) is 82.5 cm³/mol. The highest BCUT2D eigenvalue weighted by Crippen LogP contribution is 2.16. The SMILES string of the molecule is Cc1ccc(C(=O)N2CCN(CC3CCCO3)CC2)cc1F. The van der Waals surface area contributed by atoms with E-state index in [-0.39, 0.29) is 11.7 Å². The van der Waals surface area contributed by atoms with E-state index in [1.807, 2.05) is 4.90 Å². The maximum absolute atomic E-state index is 13.6. The van der Waals surface area contributed by atoms with E-state index in [1.54, 1.807) is 19.1 Å². The average Bonchev–Trinajstić information content (AvgIpc) is 3.03. The minimum atomic E-state index is -0.317. The monoisotopic (exact) mass is 306 g/mol. The molecule has 0 aromatic heterocycles. The van der Waals surface area contributed by atoms with E-state index in [2.05, 4.69) is 4.90 Å². The molecule has 3 rings (SSSR count). The normalized spacial score (nSPS) is 23.0. The largest absolute Gasteiger partial charge is 0.377 e. The zero-order valence-corrected chi connectivity index (χ0v) is 13.1. The topological polar surface area (TPSA) is 32.8 Å². The van der Waals surface area contributed by atoms with Crippen LogP contribution in [0.5, 0.6) is 0 Å². The number of carbonyl (C=O) groups is 1. The first kappa shape index (κ1) is 15.4. The second kappa shape index (κ2) is 6.75. The van der Waals surface area contributed by atoms with Crippen molar-refractivity contribution < 1.29 is 13.9 Å². The third-order valence-electron chi connectivity index (χ3n) is 4.56. The molecule has 2 fully saturated rings. The zero-order valence-electron chi connectivity index (χ0n) is 13.1. The van der Waals surface area contributed by atoms with Gasteiger partial charge in [-0.2, -0.15) is 0 Å². The summed E-state index contributed by atoms with van der Waals surface area (Å²) in [4.78, 5) is 16.6. The zero-order chi connectivity index (χ0) is 15.5. The summed E-state index contributed by atoms with van der Waals surface area (Å²) in [6.45, 7) is 6.65. The second-order valence-electron chi connectivity index (χ2n) is 6.19. The summed E-state index contributed by atoms with van der Waals surface area (Å²) in [5.74, 6) is -0.390. The van der Waals surface area contributed by atoms with Crippen LogP contribution >= 0.6 is 0 Å². The summed E-state index contributed by atoms with van der Waals surface area (Å²) < 4.78 is 19.3. The van der Waals surface area contributed by atoms with Crippen molar-refractivity contribution in [2.45, 2.75) is 25.9 Å². The number of hydrogen-bond donors (Lipinski definition) is 0. The van der Waals surface area contributed by atoms with Crippen molar-refractivity contribution in [3.05, 3.63) is 35.1 Å². The van der Waals surface area contributed by atoms with Crippen LogP contribution in [0.25, 0.3) is 0 Å². The molecule has 120 valence electrons. The van der Waals surface area contributed by atoms with Gasteiger partial charge in [0.15, 0.2) is 0 Å². The maximum Gasteiger partial charge on any atom is 0.254 e. The first-order valence-corrected chi connectivity index (χ1v) is 8.03. The summed E-state index contributed by atoms with van der Waals surface area (Å²) in [6.07, 6.45) is 2.65. The maximum atomic E-state index is 13.6. The molecule has 22 heavy (non-hydrogen) atoms. The van der Waals surface area contributed by atoms with Crippen LogP contribution < -0.4 is 0 Å². The first-order valence-electron chi connectivity index (χ1n) is 8.03. The molecule has 1 aromatic carbocycles. The van der Waals surface area contributed by atoms with Crippen LogP contribution in [-0.4, -0.2) is 61.1 Å². The van der Waals surface area contributed by atoms with E-state index < -0.39 is 0 Å². The molecule has 0 bridgehead atoms. The molecule has 2 saturated heterocycles. The lowest BCUT2D eigenvalue weighted by atomic mass is 10.1. The van der Waals surface area contributed by atoms with E-state index in [4.69, 9.17) is 4.74 Å². The van der Waals surface area contributed by atoms with Crippen molar-refractivity contribution in [3.63, 3.8) is 0 Å². The van der Waals surface area contributed by atoms with Gasteiger partial charge in [-0.15, -0.1) is 0 Å². The fourth-order valence-electron chi connectivity index (χ4n) is 3.12. The number of hydrogen-bond acceptors (Lipinski definition) is 3. The molecule has 0 radical (unpaired) electrons. The summed E-state index contributed by atoms with van der Waals surface area (Å²) >= 11 is 0. The molecule has 0 aliphatic carbocycles. The molecule has 5 heteroatoms. The lowest BCUT2D eigenvalue weighted by Gasteiger charge is -2.35. The Labute approximate surface area is 130 Å². The molecule has 2 heterocycles. The van der Waals surface area contributed by atoms with Crippen molar-refractivity contribution in [2.24, 2.45) is 0 Å². The Balaban J connectivity index is 1.53. The Bertz CT molecular complexity index is 535. The van der Waals surface area contributed by atoms with E-state index >= 15 is 0 Å². The Kier molecular flexibility index (Phi) is 4.74. The number of ether oxygens (including phenoxy) is 1. The lowest BCUT2D eigenvalue weighted by molar-refractivity contribution is 0.0432. The number of rotatable bonds is 3. The molecular weight excluding hydrogens is 283 g/mol. The molecule has 0 N–H and O–H groups in total. The van der Waals surface area contributed by atoms with Gasteiger partial charge in [0.1, 0.15) is 5.82 Å². The standard InChI is InChI=1S/C17H23FN2O2/c1-13-4-5-14(11-16(13)18)17(21)20-8-6-19(7-9-20)12-15-3-2-10-22-15/h4-5,11,15H,2-3,6-10,12H2,1H3. The van der Waals surface area contributed by atoms with Gasteiger partial charge < -0.3 is 9.64 Å². The summed E-state index contributed by atoms with van der Waals surface area (Å²) in [7, 11) is 0. The molecule has 1 atom stereocenters. The number of benzene rings is 1. The highest BCUT2D eigenvalue weighted by atomic mass is 19.1. The molecule has 1 unspecified atom stereocenters. The van der Waals surface area contributed by atoms with Crippen LogP contribution in [0.2, 0.25) is 0 Å². The molecule has 2 aliphatic heterocycles. The van der Waals surface area contributed by atoms with Crippen molar-refractivity contribution in [3.8, 4) is 0 Å². The third kappa shape index (κ3) is 3.47. The summed E-state index contributed by atoms with van der Waals surface area (Å²) in [5, 5.41) is 0. The van der Waals surface area contributed by atoms with Crippen LogP contribution in [0.15, 0.2) is 18.2 Å². The van der Waals surface area contributed by atoms with Gasteiger partial charge in [0, 0.05) is 44.9 Å². The molecule has 0 spiro atoms. The van der Waals surface area contributed by atoms with Crippen LogP contribution in [-0.2, 0) is 4.74 Å². The number of nitrogens with zero attached hydrogens (tertiary/aromatic N) is 2. The number of aryl methyl sites for hydroxylation is 1. The highest BCUT2D eigenvalue weighted by Gasteiger charge is 2.25. The van der Waals surface area contributed by atoms with E-state index in [0.29, 0.717) is 30.3 Å². The smallest absolute Gasteiger partial charge is 0.254 e. The lowest BCUT2D eigenvalue weighted by Crippen LogP contribution is -2.50. The quantitative estimate of drug-likeness (QED) is 0.857. The Morgan fingerprint density at radius 3 is 2.73 bits per heavy atom. The van der Waals surface area contributed by atoms with Gasteiger partial charge in [0.25, 0.3) is 5.91 Å². The summed E-state index contributed by atoms with van der Waals surface area (Å²) in [5.41, 5.74) is 1.01. The number of piperazine rings is 1. The van der Waals surface area contributed by atoms with Gasteiger partial charge >= 0.3 is 0 Å². The molecule has 2 aliphatic rings. The van der Waals surface area contributed by atoms with Crippen LogP contribution in [0.1, 0.15) is 28.8 Å². The number of halogens is 1. The van der Waals surface area contributed by atoms with Crippen molar-refractivity contribution in [2.75, 3.05) is 39.3 Å². The third-order valence-corrected chi connectivity index (χ3v) is 4.56. The van der Waals surface area contributed by atoms with Crippen molar-refractivity contribution >= 4 is 5.91 Å².